The number of methoxy groups -OCH3 is 1. The molecule has 0 bridgehead atoms. The summed E-state index contributed by atoms with van der Waals surface area (Å²) in [4.78, 5) is 11.2. The van der Waals surface area contributed by atoms with Crippen LogP contribution in [-0.4, -0.2) is 18.2 Å². The lowest BCUT2D eigenvalue weighted by atomic mass is 9.75. The number of carboxylic acids is 1. The molecule has 4 nitrogen and oxygen atoms in total. The molecule has 1 N–H and O–H groups in total. The first-order valence-electron chi connectivity index (χ1n) is 13.3. The third-order valence-electron chi connectivity index (χ3n) is 7.99. The van der Waals surface area contributed by atoms with Gasteiger partial charge in [-0.25, -0.2) is 13.2 Å². The molecule has 1 saturated carbocycles. The highest BCUT2D eigenvalue weighted by Gasteiger charge is 2.37. The summed E-state index contributed by atoms with van der Waals surface area (Å²) < 4.78 is 56.1. The first-order valence-corrected chi connectivity index (χ1v) is 13.3. The SMILES string of the molecule is CC[C@@H](CC(=O)O)c1cc(F)cc(OCc2cc([C@@H]3CCCC3(C)C)c(-c3cc(OC)ccc3F)cc2F)c1. The largest absolute Gasteiger partial charge is 0.497 e. The van der Waals surface area contributed by atoms with Crippen molar-refractivity contribution >= 4 is 5.97 Å². The van der Waals surface area contributed by atoms with Crippen molar-refractivity contribution in [1.82, 2.24) is 0 Å². The fraction of sp³-hybridized carbons (Fsp3) is 0.406. The number of carbonyl (C=O) groups is 1. The van der Waals surface area contributed by atoms with Gasteiger partial charge in [0.1, 0.15) is 35.6 Å². The van der Waals surface area contributed by atoms with Crippen LogP contribution in [0.25, 0.3) is 11.1 Å². The number of benzene rings is 3. The van der Waals surface area contributed by atoms with Crippen LogP contribution in [0.4, 0.5) is 13.2 Å². The Balaban J connectivity index is 1.71. The minimum atomic E-state index is -0.967. The predicted octanol–water partition coefficient (Wildman–Crippen LogP) is 8.62. The summed E-state index contributed by atoms with van der Waals surface area (Å²) in [5.74, 6) is -2.15. The number of halogens is 3. The topological polar surface area (TPSA) is 55.8 Å². The first-order chi connectivity index (χ1) is 18.5. The van der Waals surface area contributed by atoms with Crippen LogP contribution in [0.2, 0.25) is 0 Å². The van der Waals surface area contributed by atoms with E-state index in [9.17, 15) is 14.3 Å². The van der Waals surface area contributed by atoms with Gasteiger partial charge in [0.05, 0.1) is 13.5 Å². The summed E-state index contributed by atoms with van der Waals surface area (Å²) in [7, 11) is 1.50. The zero-order chi connectivity index (χ0) is 28.3. The van der Waals surface area contributed by atoms with E-state index in [1.165, 1.54) is 37.4 Å². The average Bonchev–Trinajstić information content (AvgIpc) is 3.24. The monoisotopic (exact) mass is 540 g/mol. The van der Waals surface area contributed by atoms with Gasteiger partial charge in [0.2, 0.25) is 0 Å². The second-order valence-corrected chi connectivity index (χ2v) is 11.0. The van der Waals surface area contributed by atoms with E-state index in [-0.39, 0.29) is 47.2 Å². The van der Waals surface area contributed by atoms with E-state index < -0.39 is 23.4 Å². The Bertz CT molecular complexity index is 1350. The molecule has 2 atom stereocenters. The molecule has 0 radical (unpaired) electrons. The fourth-order valence-electron chi connectivity index (χ4n) is 5.78. The van der Waals surface area contributed by atoms with Crippen LogP contribution in [0.3, 0.4) is 0 Å². The van der Waals surface area contributed by atoms with Gasteiger partial charge < -0.3 is 14.6 Å². The molecule has 7 heteroatoms. The molecule has 1 aliphatic rings. The van der Waals surface area contributed by atoms with Gasteiger partial charge in [-0.3, -0.25) is 4.79 Å². The Morgan fingerprint density at radius 2 is 1.79 bits per heavy atom. The van der Waals surface area contributed by atoms with Crippen LogP contribution >= 0.6 is 0 Å². The number of ether oxygens (including phenoxy) is 2. The van der Waals surface area contributed by atoms with Crippen molar-refractivity contribution in [2.24, 2.45) is 5.41 Å². The Hall–Kier alpha value is -3.48. The van der Waals surface area contributed by atoms with Crippen molar-refractivity contribution in [3.63, 3.8) is 0 Å². The molecule has 0 aliphatic heterocycles. The molecule has 4 rings (SSSR count). The third kappa shape index (κ3) is 6.40. The molecule has 0 unspecified atom stereocenters. The normalized spacial score (nSPS) is 17.2. The highest BCUT2D eigenvalue weighted by molar-refractivity contribution is 5.71. The minimum Gasteiger partial charge on any atom is -0.497 e. The average molecular weight is 541 g/mol. The summed E-state index contributed by atoms with van der Waals surface area (Å²) in [6.07, 6.45) is 3.31. The van der Waals surface area contributed by atoms with Gasteiger partial charge in [-0.15, -0.1) is 0 Å². The molecule has 0 saturated heterocycles. The maximum absolute atomic E-state index is 15.5. The van der Waals surface area contributed by atoms with E-state index in [1.54, 1.807) is 18.2 Å². The second-order valence-electron chi connectivity index (χ2n) is 11.0. The van der Waals surface area contributed by atoms with E-state index in [2.05, 4.69) is 13.8 Å². The lowest BCUT2D eigenvalue weighted by Gasteiger charge is -2.30. The van der Waals surface area contributed by atoms with E-state index in [0.29, 0.717) is 23.3 Å². The number of hydrogen-bond donors (Lipinski definition) is 1. The van der Waals surface area contributed by atoms with Gasteiger partial charge >= 0.3 is 5.97 Å². The maximum atomic E-state index is 15.5. The summed E-state index contributed by atoms with van der Waals surface area (Å²) in [5.41, 5.74) is 2.35. The minimum absolute atomic E-state index is 0.0587. The summed E-state index contributed by atoms with van der Waals surface area (Å²) in [6.45, 7) is 6.02. The van der Waals surface area contributed by atoms with Gasteiger partial charge in [-0.1, -0.05) is 27.2 Å². The van der Waals surface area contributed by atoms with Crippen molar-refractivity contribution in [3.8, 4) is 22.6 Å². The summed E-state index contributed by atoms with van der Waals surface area (Å²) >= 11 is 0. The molecule has 0 heterocycles. The van der Waals surface area contributed by atoms with Gasteiger partial charge in [-0.2, -0.15) is 0 Å². The molecule has 3 aromatic rings. The smallest absolute Gasteiger partial charge is 0.303 e. The highest BCUT2D eigenvalue weighted by Crippen LogP contribution is 2.51. The lowest BCUT2D eigenvalue weighted by molar-refractivity contribution is -0.137. The summed E-state index contributed by atoms with van der Waals surface area (Å²) in [5, 5.41) is 9.20. The second kappa shape index (κ2) is 11.7. The lowest BCUT2D eigenvalue weighted by Crippen LogP contribution is -2.17. The van der Waals surface area contributed by atoms with Crippen LogP contribution in [-0.2, 0) is 11.4 Å². The van der Waals surface area contributed by atoms with Gasteiger partial charge in [0.25, 0.3) is 0 Å². The molecule has 0 spiro atoms. The predicted molar refractivity (Wildman–Crippen MR) is 145 cm³/mol. The quantitative estimate of drug-likeness (QED) is 0.280. The van der Waals surface area contributed by atoms with Crippen LogP contribution in [0, 0.1) is 22.9 Å². The van der Waals surface area contributed by atoms with Crippen molar-refractivity contribution < 1.29 is 32.5 Å². The van der Waals surface area contributed by atoms with E-state index >= 15 is 8.78 Å². The Morgan fingerprint density at radius 1 is 1.03 bits per heavy atom. The van der Waals surface area contributed by atoms with Crippen LogP contribution in [0.1, 0.15) is 81.4 Å². The van der Waals surface area contributed by atoms with Gasteiger partial charge in [0.15, 0.2) is 0 Å². The molecule has 0 amide bonds. The number of carboxylic acid groups (broad SMARTS) is 1. The van der Waals surface area contributed by atoms with Crippen LogP contribution in [0.15, 0.2) is 48.5 Å². The third-order valence-corrected chi connectivity index (χ3v) is 7.99. The molecule has 3 aromatic carbocycles. The van der Waals surface area contributed by atoms with E-state index in [4.69, 9.17) is 9.47 Å². The van der Waals surface area contributed by atoms with Gasteiger partial charge in [0, 0.05) is 17.2 Å². The maximum Gasteiger partial charge on any atom is 0.303 e. The Kier molecular flexibility index (Phi) is 8.57. The van der Waals surface area contributed by atoms with Crippen LogP contribution in [0.5, 0.6) is 11.5 Å². The molecule has 1 fully saturated rings. The highest BCUT2D eigenvalue weighted by atomic mass is 19.1. The fourth-order valence-corrected chi connectivity index (χ4v) is 5.78. The molecule has 0 aromatic heterocycles. The van der Waals surface area contributed by atoms with Crippen molar-refractivity contribution in [1.29, 1.82) is 0 Å². The van der Waals surface area contributed by atoms with E-state index in [1.807, 2.05) is 6.92 Å². The number of rotatable bonds is 10. The zero-order valence-corrected chi connectivity index (χ0v) is 22.8. The molecule has 1 aliphatic carbocycles. The molecule has 39 heavy (non-hydrogen) atoms. The first kappa shape index (κ1) is 28.5. The number of hydrogen-bond acceptors (Lipinski definition) is 3. The van der Waals surface area contributed by atoms with Crippen LogP contribution < -0.4 is 9.47 Å². The van der Waals surface area contributed by atoms with E-state index in [0.717, 1.165) is 24.8 Å². The Labute approximate surface area is 227 Å². The van der Waals surface area contributed by atoms with Crippen molar-refractivity contribution in [2.75, 3.05) is 7.11 Å². The Morgan fingerprint density at radius 3 is 2.44 bits per heavy atom. The molecular weight excluding hydrogens is 505 g/mol. The molecule has 208 valence electrons. The van der Waals surface area contributed by atoms with Gasteiger partial charge in [-0.05, 0) is 95.7 Å². The summed E-state index contributed by atoms with van der Waals surface area (Å²) in [6, 6.07) is 11.7. The standard InChI is InChI=1S/C32H35F3O4/c1-5-19(14-31(36)37)20-11-22(33)15-24(12-20)39-18-21-13-26(28-7-6-10-32(28,2)3)25(17-30(21)35)27-16-23(38-4)8-9-29(27)34/h8-9,11-13,15-17,19,28H,5-7,10,14,18H2,1-4H3,(H,36,37)/t19-,28-/m0/s1. The van der Waals surface area contributed by atoms with Crippen molar-refractivity contribution in [2.45, 2.75) is 71.3 Å². The zero-order valence-electron chi connectivity index (χ0n) is 22.8. The molecular formula is C32H35F3O4. The number of aliphatic carboxylic acids is 1. The van der Waals surface area contributed by atoms with Crippen molar-refractivity contribution in [3.05, 3.63) is 82.7 Å².